The van der Waals surface area contributed by atoms with Crippen molar-refractivity contribution >= 4 is 38.9 Å². The minimum atomic E-state index is -0.353. The van der Waals surface area contributed by atoms with Crippen molar-refractivity contribution in [2.24, 2.45) is 5.73 Å². The standard InChI is InChI=1S/C12H10BrClFNS/c1-6-9(5-11(13)17-6)12(16)8-3-2-7(15)4-10(8)14/h2-5,12H,16H2,1H3. The molecule has 1 aromatic carbocycles. The molecule has 1 unspecified atom stereocenters. The molecule has 17 heavy (non-hydrogen) atoms. The van der Waals surface area contributed by atoms with Crippen LogP contribution in [0.2, 0.25) is 5.02 Å². The van der Waals surface area contributed by atoms with Crippen molar-refractivity contribution in [1.29, 1.82) is 0 Å². The van der Waals surface area contributed by atoms with E-state index >= 15 is 0 Å². The van der Waals surface area contributed by atoms with E-state index in [1.54, 1.807) is 17.4 Å². The van der Waals surface area contributed by atoms with Crippen LogP contribution < -0.4 is 5.73 Å². The molecule has 1 aromatic heterocycles. The highest BCUT2D eigenvalue weighted by Gasteiger charge is 2.17. The molecule has 2 aromatic rings. The van der Waals surface area contributed by atoms with E-state index in [-0.39, 0.29) is 11.9 Å². The lowest BCUT2D eigenvalue weighted by molar-refractivity contribution is 0.626. The highest BCUT2D eigenvalue weighted by atomic mass is 79.9. The van der Waals surface area contributed by atoms with Crippen LogP contribution in [0, 0.1) is 12.7 Å². The summed E-state index contributed by atoms with van der Waals surface area (Å²) in [6.45, 7) is 2.00. The van der Waals surface area contributed by atoms with Gasteiger partial charge in [-0.05, 0) is 52.2 Å². The first kappa shape index (κ1) is 13.0. The summed E-state index contributed by atoms with van der Waals surface area (Å²) < 4.78 is 14.0. The van der Waals surface area contributed by atoms with E-state index in [1.807, 2.05) is 13.0 Å². The zero-order valence-corrected chi connectivity index (χ0v) is 12.2. The molecule has 0 saturated carbocycles. The van der Waals surface area contributed by atoms with Gasteiger partial charge in [-0.15, -0.1) is 11.3 Å². The van der Waals surface area contributed by atoms with Crippen molar-refractivity contribution in [3.05, 3.63) is 54.9 Å². The van der Waals surface area contributed by atoms with Crippen LogP contribution in [0.3, 0.4) is 0 Å². The van der Waals surface area contributed by atoms with E-state index in [1.165, 1.54) is 12.1 Å². The summed E-state index contributed by atoms with van der Waals surface area (Å²) in [4.78, 5) is 1.13. The fourth-order valence-corrected chi connectivity index (χ4v) is 3.73. The number of benzene rings is 1. The summed E-state index contributed by atoms with van der Waals surface area (Å²) in [6.07, 6.45) is 0. The van der Waals surface area contributed by atoms with Gasteiger partial charge in [0, 0.05) is 9.90 Å². The zero-order valence-electron chi connectivity index (χ0n) is 9.01. The molecule has 0 radical (unpaired) electrons. The summed E-state index contributed by atoms with van der Waals surface area (Å²) in [5, 5.41) is 0.360. The Morgan fingerprint density at radius 2 is 2.06 bits per heavy atom. The highest BCUT2D eigenvalue weighted by molar-refractivity contribution is 9.11. The van der Waals surface area contributed by atoms with Crippen LogP contribution in [0.25, 0.3) is 0 Å². The van der Waals surface area contributed by atoms with Crippen LogP contribution in [0.1, 0.15) is 22.0 Å². The van der Waals surface area contributed by atoms with Crippen LogP contribution in [0.15, 0.2) is 28.1 Å². The van der Waals surface area contributed by atoms with Crippen LogP contribution in [0.4, 0.5) is 4.39 Å². The van der Waals surface area contributed by atoms with Crippen molar-refractivity contribution in [1.82, 2.24) is 0 Å². The Bertz CT molecular complexity index is 555. The Kier molecular flexibility index (Phi) is 3.88. The third kappa shape index (κ3) is 2.71. The number of aryl methyl sites for hydroxylation is 1. The Morgan fingerprint density at radius 1 is 1.35 bits per heavy atom. The van der Waals surface area contributed by atoms with Gasteiger partial charge >= 0.3 is 0 Å². The smallest absolute Gasteiger partial charge is 0.124 e. The van der Waals surface area contributed by atoms with Crippen LogP contribution >= 0.6 is 38.9 Å². The van der Waals surface area contributed by atoms with E-state index < -0.39 is 0 Å². The highest BCUT2D eigenvalue weighted by Crippen LogP contribution is 2.34. The first-order valence-electron chi connectivity index (χ1n) is 4.95. The van der Waals surface area contributed by atoms with Crippen molar-refractivity contribution in [2.45, 2.75) is 13.0 Å². The summed E-state index contributed by atoms with van der Waals surface area (Å²) in [7, 11) is 0. The fraction of sp³-hybridized carbons (Fsp3) is 0.167. The van der Waals surface area contributed by atoms with Gasteiger partial charge in [0.05, 0.1) is 9.83 Å². The predicted molar refractivity (Wildman–Crippen MR) is 74.2 cm³/mol. The number of thiophene rings is 1. The van der Waals surface area contributed by atoms with E-state index in [9.17, 15) is 4.39 Å². The van der Waals surface area contributed by atoms with Crippen molar-refractivity contribution < 1.29 is 4.39 Å². The van der Waals surface area contributed by atoms with Crippen molar-refractivity contribution in [2.75, 3.05) is 0 Å². The van der Waals surface area contributed by atoms with E-state index in [4.69, 9.17) is 17.3 Å². The molecule has 90 valence electrons. The number of hydrogen-bond donors (Lipinski definition) is 1. The van der Waals surface area contributed by atoms with Gasteiger partial charge in [-0.1, -0.05) is 17.7 Å². The quantitative estimate of drug-likeness (QED) is 0.849. The SMILES string of the molecule is Cc1sc(Br)cc1C(N)c1ccc(F)cc1Cl. The van der Waals surface area contributed by atoms with Gasteiger partial charge in [-0.3, -0.25) is 0 Å². The number of hydrogen-bond acceptors (Lipinski definition) is 2. The molecular weight excluding hydrogens is 325 g/mol. The lowest BCUT2D eigenvalue weighted by atomic mass is 10.0. The molecule has 0 bridgehead atoms. The lowest BCUT2D eigenvalue weighted by Gasteiger charge is -2.13. The van der Waals surface area contributed by atoms with Crippen LogP contribution in [-0.2, 0) is 0 Å². The van der Waals surface area contributed by atoms with Gasteiger partial charge in [-0.25, -0.2) is 4.39 Å². The molecule has 1 nitrogen and oxygen atoms in total. The van der Waals surface area contributed by atoms with Gasteiger partial charge in [0.15, 0.2) is 0 Å². The number of halogens is 3. The summed E-state index contributed by atoms with van der Waals surface area (Å²) in [5.74, 6) is -0.353. The van der Waals surface area contributed by atoms with Gasteiger partial charge in [0.2, 0.25) is 0 Å². The maximum atomic E-state index is 13.0. The molecule has 0 aliphatic carbocycles. The Morgan fingerprint density at radius 3 is 2.59 bits per heavy atom. The average Bonchev–Trinajstić information content (AvgIpc) is 2.57. The molecule has 0 amide bonds. The van der Waals surface area contributed by atoms with Crippen LogP contribution in [-0.4, -0.2) is 0 Å². The Hall–Kier alpha value is -0.420. The van der Waals surface area contributed by atoms with E-state index in [0.29, 0.717) is 5.02 Å². The second-order valence-electron chi connectivity index (χ2n) is 3.71. The van der Waals surface area contributed by atoms with Gasteiger partial charge in [0.1, 0.15) is 5.82 Å². The minimum absolute atomic E-state index is 0.328. The van der Waals surface area contributed by atoms with Gasteiger partial charge in [-0.2, -0.15) is 0 Å². The minimum Gasteiger partial charge on any atom is -0.320 e. The van der Waals surface area contributed by atoms with E-state index in [2.05, 4.69) is 15.9 Å². The molecule has 1 atom stereocenters. The van der Waals surface area contributed by atoms with Gasteiger partial charge < -0.3 is 5.73 Å². The third-order valence-electron chi connectivity index (χ3n) is 2.56. The molecule has 1 heterocycles. The topological polar surface area (TPSA) is 26.0 Å². The molecule has 2 N–H and O–H groups in total. The molecule has 0 spiro atoms. The molecular formula is C12H10BrClFNS. The fourth-order valence-electron chi connectivity index (χ4n) is 1.69. The second kappa shape index (κ2) is 5.06. The second-order valence-corrected chi connectivity index (χ2v) is 6.75. The Labute approximate surface area is 117 Å². The monoisotopic (exact) mass is 333 g/mol. The molecule has 0 fully saturated rings. The summed E-state index contributed by atoms with van der Waals surface area (Å²) >= 11 is 11.0. The molecule has 0 aliphatic heterocycles. The molecule has 5 heteroatoms. The summed E-state index contributed by atoms with van der Waals surface area (Å²) in [5.41, 5.74) is 7.91. The predicted octanol–water partition coefficient (Wildman–Crippen LogP) is 4.66. The Balaban J connectivity index is 2.43. The zero-order chi connectivity index (χ0) is 12.6. The number of rotatable bonds is 2. The first-order chi connectivity index (χ1) is 7.99. The third-order valence-corrected chi connectivity index (χ3v) is 4.46. The van der Waals surface area contributed by atoms with E-state index in [0.717, 1.165) is 19.8 Å². The largest absolute Gasteiger partial charge is 0.320 e. The molecule has 2 rings (SSSR count). The number of nitrogens with two attached hydrogens (primary N) is 1. The van der Waals surface area contributed by atoms with Crippen molar-refractivity contribution in [3.8, 4) is 0 Å². The first-order valence-corrected chi connectivity index (χ1v) is 6.94. The van der Waals surface area contributed by atoms with Gasteiger partial charge in [0.25, 0.3) is 0 Å². The maximum Gasteiger partial charge on any atom is 0.124 e. The molecule has 0 saturated heterocycles. The maximum absolute atomic E-state index is 13.0. The van der Waals surface area contributed by atoms with Crippen molar-refractivity contribution in [3.63, 3.8) is 0 Å². The lowest BCUT2D eigenvalue weighted by Crippen LogP contribution is -2.12. The average molecular weight is 335 g/mol. The molecule has 0 aliphatic rings. The normalized spacial score (nSPS) is 12.8. The summed E-state index contributed by atoms with van der Waals surface area (Å²) in [6, 6.07) is 5.94. The van der Waals surface area contributed by atoms with Crippen LogP contribution in [0.5, 0.6) is 0 Å².